The van der Waals surface area contributed by atoms with Crippen molar-refractivity contribution in [2.24, 2.45) is 0 Å². The molecule has 0 unspecified atom stereocenters. The van der Waals surface area contributed by atoms with E-state index in [0.717, 1.165) is 18.2 Å². The second-order valence-electron chi connectivity index (χ2n) is 3.20. The largest absolute Gasteiger partial charge is 0.353 e. The minimum Gasteiger partial charge on any atom is -0.353 e. The van der Waals surface area contributed by atoms with Crippen molar-refractivity contribution >= 4 is 22.5 Å². The van der Waals surface area contributed by atoms with E-state index in [1.54, 1.807) is 0 Å². The van der Waals surface area contributed by atoms with Gasteiger partial charge in [0.2, 0.25) is 0 Å². The Morgan fingerprint density at radius 1 is 1.25 bits per heavy atom. The first kappa shape index (κ1) is 11.0. The Morgan fingerprint density at radius 2 is 1.94 bits per heavy atom. The van der Waals surface area contributed by atoms with Crippen LogP contribution < -0.4 is 5.43 Å². The van der Waals surface area contributed by atoms with Crippen LogP contribution in [0.3, 0.4) is 0 Å². The van der Waals surface area contributed by atoms with Crippen LogP contribution in [0.1, 0.15) is 12.1 Å². The molecule has 1 aromatic heterocycles. The molecule has 0 amide bonds. The average molecular weight is 248 g/mol. The van der Waals surface area contributed by atoms with Gasteiger partial charge in [0.25, 0.3) is 6.43 Å². The van der Waals surface area contributed by atoms with Crippen molar-refractivity contribution in [1.82, 2.24) is 4.98 Å². The Labute approximate surface area is 92.7 Å². The Morgan fingerprint density at radius 3 is 2.56 bits per heavy atom. The number of hydrogen-bond donors (Lipinski definition) is 1. The summed E-state index contributed by atoms with van der Waals surface area (Å²) in [6.45, 7) is 0. The van der Waals surface area contributed by atoms with Crippen LogP contribution in [0.15, 0.2) is 23.0 Å². The zero-order valence-corrected chi connectivity index (χ0v) is 8.49. The Balaban J connectivity index is 2.82. The summed E-state index contributed by atoms with van der Waals surface area (Å²) in [4.78, 5) is 13.7. The van der Waals surface area contributed by atoms with Gasteiger partial charge in [-0.05, 0) is 12.1 Å². The van der Waals surface area contributed by atoms with Gasteiger partial charge in [0, 0.05) is 11.5 Å². The van der Waals surface area contributed by atoms with Crippen molar-refractivity contribution in [3.05, 3.63) is 45.0 Å². The van der Waals surface area contributed by atoms with Crippen LogP contribution in [0.5, 0.6) is 0 Å². The van der Waals surface area contributed by atoms with Crippen LogP contribution in [0, 0.1) is 5.82 Å². The molecule has 0 aliphatic heterocycles. The lowest BCUT2D eigenvalue weighted by molar-refractivity contribution is 0.146. The van der Waals surface area contributed by atoms with Gasteiger partial charge in [-0.25, -0.2) is 13.2 Å². The fraction of sp³-hybridized carbons (Fsp3) is 0.100. The molecule has 1 N–H and O–H groups in total. The maximum Gasteiger partial charge on any atom is 0.278 e. The number of aromatic amines is 1. The summed E-state index contributed by atoms with van der Waals surface area (Å²) in [5.74, 6) is -0.767. The first-order valence-electron chi connectivity index (χ1n) is 4.29. The number of hydrogen-bond acceptors (Lipinski definition) is 1. The van der Waals surface area contributed by atoms with E-state index in [1.807, 2.05) is 0 Å². The van der Waals surface area contributed by atoms with Crippen molar-refractivity contribution in [2.45, 2.75) is 6.43 Å². The van der Waals surface area contributed by atoms with Crippen molar-refractivity contribution in [1.29, 1.82) is 0 Å². The third kappa shape index (κ3) is 1.78. The Bertz CT molecular complexity index is 609. The zero-order valence-electron chi connectivity index (χ0n) is 7.73. The highest BCUT2D eigenvalue weighted by molar-refractivity contribution is 6.31. The van der Waals surface area contributed by atoms with Crippen molar-refractivity contribution in [3.63, 3.8) is 0 Å². The minimum absolute atomic E-state index is 0.00435. The molecule has 0 spiro atoms. The van der Waals surface area contributed by atoms with Crippen LogP contribution in [-0.2, 0) is 0 Å². The smallest absolute Gasteiger partial charge is 0.278 e. The van der Waals surface area contributed by atoms with Gasteiger partial charge in [-0.15, -0.1) is 0 Å². The third-order valence-electron chi connectivity index (χ3n) is 2.13. The van der Waals surface area contributed by atoms with Crippen molar-refractivity contribution in [2.75, 3.05) is 0 Å². The molecule has 16 heavy (non-hydrogen) atoms. The van der Waals surface area contributed by atoms with Gasteiger partial charge < -0.3 is 4.98 Å². The van der Waals surface area contributed by atoms with Crippen LogP contribution in [0.4, 0.5) is 13.2 Å². The number of nitrogens with one attached hydrogen (secondary N) is 1. The fourth-order valence-electron chi connectivity index (χ4n) is 1.38. The van der Waals surface area contributed by atoms with Crippen LogP contribution in [0.25, 0.3) is 10.9 Å². The normalized spacial score (nSPS) is 11.3. The molecule has 0 bridgehead atoms. The summed E-state index contributed by atoms with van der Waals surface area (Å²) in [6, 6.07) is 2.81. The van der Waals surface area contributed by atoms with Gasteiger partial charge in [0.15, 0.2) is 5.43 Å². The molecule has 0 atom stereocenters. The van der Waals surface area contributed by atoms with Crippen molar-refractivity contribution < 1.29 is 13.2 Å². The summed E-state index contributed by atoms with van der Waals surface area (Å²) < 4.78 is 37.8. The number of benzene rings is 1. The van der Waals surface area contributed by atoms with E-state index in [1.165, 1.54) is 0 Å². The van der Waals surface area contributed by atoms with E-state index < -0.39 is 23.4 Å². The molecule has 0 fully saturated rings. The number of H-pyrrole nitrogens is 1. The van der Waals surface area contributed by atoms with E-state index in [0.29, 0.717) is 0 Å². The highest BCUT2D eigenvalue weighted by Crippen LogP contribution is 2.22. The molecule has 0 saturated heterocycles. The molecular formula is C10H5ClF3NO. The molecule has 1 heterocycles. The fourth-order valence-corrected chi connectivity index (χ4v) is 1.55. The summed E-state index contributed by atoms with van der Waals surface area (Å²) in [7, 11) is 0. The summed E-state index contributed by atoms with van der Waals surface area (Å²) in [5, 5.41) is -0.140. The molecule has 2 rings (SSSR count). The molecule has 0 saturated carbocycles. The summed E-state index contributed by atoms with van der Waals surface area (Å²) >= 11 is 5.49. The van der Waals surface area contributed by atoms with E-state index in [2.05, 4.69) is 4.98 Å². The van der Waals surface area contributed by atoms with Gasteiger partial charge in [-0.2, -0.15) is 0 Å². The predicted molar refractivity (Wildman–Crippen MR) is 54.5 cm³/mol. The number of alkyl halides is 2. The number of halogens is 4. The van der Waals surface area contributed by atoms with Crippen LogP contribution in [0.2, 0.25) is 5.02 Å². The average Bonchev–Trinajstić information content (AvgIpc) is 2.20. The van der Waals surface area contributed by atoms with E-state index in [-0.39, 0.29) is 15.9 Å². The Hall–Kier alpha value is -1.49. The third-order valence-corrected chi connectivity index (χ3v) is 2.42. The predicted octanol–water partition coefficient (Wildman–Crippen LogP) is 3.26. The molecule has 0 aliphatic carbocycles. The maximum atomic E-state index is 13.1. The monoisotopic (exact) mass is 247 g/mol. The van der Waals surface area contributed by atoms with Gasteiger partial charge >= 0.3 is 0 Å². The molecule has 2 aromatic rings. The van der Waals surface area contributed by atoms with E-state index in [4.69, 9.17) is 11.6 Å². The SMILES string of the molecule is O=c1cc(C(F)F)[nH]c2cc(F)c(Cl)cc12. The number of fused-ring (bicyclic) bond motifs is 1. The van der Waals surface area contributed by atoms with Crippen LogP contribution >= 0.6 is 11.6 Å². The summed E-state index contributed by atoms with van der Waals surface area (Å²) in [5.41, 5.74) is -1.16. The summed E-state index contributed by atoms with van der Waals surface area (Å²) in [6.07, 6.45) is -2.81. The highest BCUT2D eigenvalue weighted by atomic mass is 35.5. The number of pyridine rings is 1. The number of rotatable bonds is 1. The highest BCUT2D eigenvalue weighted by Gasteiger charge is 2.12. The molecule has 84 valence electrons. The molecule has 0 aliphatic rings. The first-order chi connectivity index (χ1) is 7.49. The van der Waals surface area contributed by atoms with Gasteiger partial charge in [-0.3, -0.25) is 4.79 Å². The second kappa shape index (κ2) is 3.83. The zero-order chi connectivity index (χ0) is 11.9. The number of aromatic nitrogens is 1. The molecule has 1 aromatic carbocycles. The quantitative estimate of drug-likeness (QED) is 0.824. The lowest BCUT2D eigenvalue weighted by Gasteiger charge is -2.04. The lowest BCUT2D eigenvalue weighted by atomic mass is 10.2. The standard InChI is InChI=1S/C10H5ClF3NO/c11-5-1-4-7(2-6(5)12)15-8(10(13)14)3-9(4)16/h1-3,10H,(H,15,16). The Kier molecular flexibility index (Phi) is 2.63. The molecule has 2 nitrogen and oxygen atoms in total. The topological polar surface area (TPSA) is 32.9 Å². The molecule has 0 radical (unpaired) electrons. The van der Waals surface area contributed by atoms with Gasteiger partial charge in [0.1, 0.15) is 5.82 Å². The lowest BCUT2D eigenvalue weighted by Crippen LogP contribution is -2.05. The van der Waals surface area contributed by atoms with E-state index >= 15 is 0 Å². The van der Waals surface area contributed by atoms with Crippen molar-refractivity contribution in [3.8, 4) is 0 Å². The maximum absolute atomic E-state index is 13.1. The molecule has 6 heteroatoms. The minimum atomic E-state index is -2.81. The molecular weight excluding hydrogens is 243 g/mol. The second-order valence-corrected chi connectivity index (χ2v) is 3.61. The van der Waals surface area contributed by atoms with Gasteiger partial charge in [0.05, 0.1) is 16.2 Å². The first-order valence-corrected chi connectivity index (χ1v) is 4.67. The van der Waals surface area contributed by atoms with E-state index in [9.17, 15) is 18.0 Å². The van der Waals surface area contributed by atoms with Crippen LogP contribution in [-0.4, -0.2) is 4.98 Å². The van der Waals surface area contributed by atoms with Gasteiger partial charge in [-0.1, -0.05) is 11.6 Å².